The largest absolute Gasteiger partial charge is 0.475 e. The maximum atomic E-state index is 13.3. The molecule has 2 heterocycles. The number of nitriles is 1. The van der Waals surface area contributed by atoms with E-state index in [1.165, 1.54) is 28.2 Å². The van der Waals surface area contributed by atoms with Gasteiger partial charge < -0.3 is 9.64 Å². The maximum Gasteiger partial charge on any atom is 0.417 e. The van der Waals surface area contributed by atoms with Gasteiger partial charge in [0.2, 0.25) is 5.88 Å². The number of nitrogens with zero attached hydrogens (tertiary/aromatic N) is 6. The number of alkyl halides is 3. The summed E-state index contributed by atoms with van der Waals surface area (Å²) < 4.78 is 43.5. The van der Waals surface area contributed by atoms with Crippen LogP contribution in [0.5, 0.6) is 5.88 Å². The molecule has 0 aliphatic carbocycles. The van der Waals surface area contributed by atoms with Crippen LogP contribution in [0.1, 0.15) is 35.3 Å². The SMILES string of the molecule is CCN(C(=O)c1cc(C#N)ccc1-n1nccn1)C(C)COc1ccc(C(F)(F)F)cn1. The highest BCUT2D eigenvalue weighted by Crippen LogP contribution is 2.29. The molecule has 1 aromatic carbocycles. The predicted octanol–water partition coefficient (Wildman–Crippen LogP) is 3.48. The highest BCUT2D eigenvalue weighted by atomic mass is 19.4. The number of carbonyl (C=O) groups is 1. The fourth-order valence-corrected chi connectivity index (χ4v) is 3.03. The van der Waals surface area contributed by atoms with Gasteiger partial charge in [-0.15, -0.1) is 0 Å². The van der Waals surface area contributed by atoms with Crippen molar-refractivity contribution in [1.29, 1.82) is 5.26 Å². The van der Waals surface area contributed by atoms with Crippen molar-refractivity contribution < 1.29 is 22.7 Å². The van der Waals surface area contributed by atoms with E-state index in [9.17, 15) is 23.2 Å². The molecule has 11 heteroatoms. The summed E-state index contributed by atoms with van der Waals surface area (Å²) >= 11 is 0. The van der Waals surface area contributed by atoms with E-state index in [1.54, 1.807) is 26.0 Å². The van der Waals surface area contributed by atoms with Gasteiger partial charge in [0.15, 0.2) is 0 Å². The van der Waals surface area contributed by atoms with Gasteiger partial charge in [0.05, 0.1) is 46.9 Å². The Hall–Kier alpha value is -3.94. The number of likely N-dealkylation sites (N-methyl/N-ethyl adjacent to an activating group) is 1. The summed E-state index contributed by atoms with van der Waals surface area (Å²) in [6.45, 7) is 3.86. The topological polar surface area (TPSA) is 96.9 Å². The Morgan fingerprint density at radius 3 is 2.53 bits per heavy atom. The molecule has 0 aliphatic rings. The standard InChI is InChI=1S/C21H19F3N6O2/c1-3-29(14(2)13-32-19-7-5-16(12-26-19)21(22,23)24)20(31)17-10-15(11-25)4-6-18(17)30-27-8-9-28-30/h4-10,12,14H,3,13H2,1-2H3. The maximum absolute atomic E-state index is 13.3. The molecule has 0 spiro atoms. The molecule has 0 fully saturated rings. The molecule has 1 unspecified atom stereocenters. The summed E-state index contributed by atoms with van der Waals surface area (Å²) in [5, 5.41) is 17.3. The van der Waals surface area contributed by atoms with E-state index in [2.05, 4.69) is 15.2 Å². The lowest BCUT2D eigenvalue weighted by molar-refractivity contribution is -0.137. The summed E-state index contributed by atoms with van der Waals surface area (Å²) in [6, 6.07) is 8.20. The average molecular weight is 444 g/mol. The number of amides is 1. The van der Waals surface area contributed by atoms with Crippen LogP contribution in [-0.4, -0.2) is 50.0 Å². The van der Waals surface area contributed by atoms with Gasteiger partial charge in [0, 0.05) is 18.8 Å². The van der Waals surface area contributed by atoms with Crippen molar-refractivity contribution in [3.63, 3.8) is 0 Å². The second-order valence-corrected chi connectivity index (χ2v) is 6.80. The molecule has 8 nitrogen and oxygen atoms in total. The third-order valence-corrected chi connectivity index (χ3v) is 4.66. The van der Waals surface area contributed by atoms with E-state index in [0.29, 0.717) is 24.0 Å². The monoisotopic (exact) mass is 444 g/mol. The zero-order valence-electron chi connectivity index (χ0n) is 17.2. The summed E-state index contributed by atoms with van der Waals surface area (Å²) in [5.74, 6) is -0.352. The van der Waals surface area contributed by atoms with Crippen molar-refractivity contribution in [2.45, 2.75) is 26.1 Å². The van der Waals surface area contributed by atoms with Crippen molar-refractivity contribution in [3.8, 4) is 17.6 Å². The van der Waals surface area contributed by atoms with Crippen LogP contribution in [0.15, 0.2) is 48.9 Å². The van der Waals surface area contributed by atoms with E-state index < -0.39 is 17.8 Å². The Kier molecular flexibility index (Phi) is 6.73. The number of rotatable bonds is 7. The molecule has 32 heavy (non-hydrogen) atoms. The van der Waals surface area contributed by atoms with Crippen molar-refractivity contribution in [3.05, 3.63) is 65.6 Å². The van der Waals surface area contributed by atoms with Gasteiger partial charge in [0.25, 0.3) is 5.91 Å². The first kappa shape index (κ1) is 22.7. The average Bonchev–Trinajstić information content (AvgIpc) is 3.32. The molecule has 0 N–H and O–H groups in total. The Balaban J connectivity index is 1.78. The second-order valence-electron chi connectivity index (χ2n) is 6.80. The lowest BCUT2D eigenvalue weighted by atomic mass is 10.1. The Bertz CT molecular complexity index is 1110. The van der Waals surface area contributed by atoms with Crippen LogP contribution in [0.3, 0.4) is 0 Å². The quantitative estimate of drug-likeness (QED) is 0.554. The molecular formula is C21H19F3N6O2. The van der Waals surface area contributed by atoms with Crippen molar-refractivity contribution in [2.24, 2.45) is 0 Å². The number of halogens is 3. The number of hydrogen-bond donors (Lipinski definition) is 0. The zero-order valence-corrected chi connectivity index (χ0v) is 17.2. The van der Waals surface area contributed by atoms with Gasteiger partial charge >= 0.3 is 6.18 Å². The van der Waals surface area contributed by atoms with Crippen LogP contribution >= 0.6 is 0 Å². The first-order chi connectivity index (χ1) is 15.2. The van der Waals surface area contributed by atoms with Gasteiger partial charge in [-0.05, 0) is 38.1 Å². The fourth-order valence-electron chi connectivity index (χ4n) is 3.03. The third kappa shape index (κ3) is 5.03. The van der Waals surface area contributed by atoms with Crippen LogP contribution in [-0.2, 0) is 6.18 Å². The van der Waals surface area contributed by atoms with Crippen LogP contribution < -0.4 is 4.74 Å². The minimum Gasteiger partial charge on any atom is -0.475 e. The number of pyridine rings is 1. The molecular weight excluding hydrogens is 425 g/mol. The smallest absolute Gasteiger partial charge is 0.417 e. The molecule has 3 rings (SSSR count). The summed E-state index contributed by atoms with van der Waals surface area (Å²) in [6.07, 6.45) is -0.849. The summed E-state index contributed by atoms with van der Waals surface area (Å²) in [7, 11) is 0. The highest BCUT2D eigenvalue weighted by Gasteiger charge is 2.31. The second kappa shape index (κ2) is 9.47. The van der Waals surface area contributed by atoms with E-state index in [-0.39, 0.29) is 24.0 Å². The van der Waals surface area contributed by atoms with E-state index in [1.807, 2.05) is 6.07 Å². The molecule has 1 amide bonds. The van der Waals surface area contributed by atoms with Gasteiger partial charge in [-0.1, -0.05) is 0 Å². The Morgan fingerprint density at radius 2 is 1.97 bits per heavy atom. The summed E-state index contributed by atoms with van der Waals surface area (Å²) in [4.78, 5) is 19.8. The van der Waals surface area contributed by atoms with Gasteiger partial charge in [0.1, 0.15) is 6.61 Å². The number of carbonyl (C=O) groups excluding carboxylic acids is 1. The van der Waals surface area contributed by atoms with Crippen molar-refractivity contribution >= 4 is 5.91 Å². The molecule has 0 saturated carbocycles. The first-order valence-corrected chi connectivity index (χ1v) is 9.62. The minimum atomic E-state index is -4.48. The minimum absolute atomic E-state index is 0.00520. The lowest BCUT2D eigenvalue weighted by Crippen LogP contribution is -2.42. The Labute approximate surface area is 181 Å². The fraction of sp³-hybridized carbons (Fsp3) is 0.286. The first-order valence-electron chi connectivity index (χ1n) is 9.62. The molecule has 0 bridgehead atoms. The molecule has 0 radical (unpaired) electrons. The molecule has 3 aromatic rings. The van der Waals surface area contributed by atoms with Gasteiger partial charge in [-0.25, -0.2) is 4.98 Å². The number of benzene rings is 1. The predicted molar refractivity (Wildman–Crippen MR) is 107 cm³/mol. The van der Waals surface area contributed by atoms with E-state index in [4.69, 9.17) is 4.74 Å². The van der Waals surface area contributed by atoms with Crippen LogP contribution in [0.2, 0.25) is 0 Å². The molecule has 166 valence electrons. The van der Waals surface area contributed by atoms with E-state index in [0.717, 1.165) is 12.1 Å². The molecule has 0 saturated heterocycles. The number of aromatic nitrogens is 4. The van der Waals surface area contributed by atoms with Crippen molar-refractivity contribution in [2.75, 3.05) is 13.2 Å². The normalized spacial score (nSPS) is 12.1. The zero-order chi connectivity index (χ0) is 23.3. The highest BCUT2D eigenvalue weighted by molar-refractivity contribution is 5.98. The molecule has 2 aromatic heterocycles. The molecule has 1 atom stereocenters. The number of ether oxygens (including phenoxy) is 1. The van der Waals surface area contributed by atoms with Gasteiger partial charge in [-0.3, -0.25) is 4.79 Å². The van der Waals surface area contributed by atoms with Crippen molar-refractivity contribution in [1.82, 2.24) is 24.9 Å². The molecule has 0 aliphatic heterocycles. The van der Waals surface area contributed by atoms with Crippen LogP contribution in [0.4, 0.5) is 13.2 Å². The lowest BCUT2D eigenvalue weighted by Gasteiger charge is -2.28. The van der Waals surface area contributed by atoms with Gasteiger partial charge in [-0.2, -0.15) is 33.4 Å². The van der Waals surface area contributed by atoms with Crippen LogP contribution in [0.25, 0.3) is 5.69 Å². The summed E-state index contributed by atoms with van der Waals surface area (Å²) in [5.41, 5.74) is 0.0788. The Morgan fingerprint density at radius 1 is 1.25 bits per heavy atom. The third-order valence-electron chi connectivity index (χ3n) is 4.66. The number of hydrogen-bond acceptors (Lipinski definition) is 6. The van der Waals surface area contributed by atoms with Crippen LogP contribution in [0, 0.1) is 11.3 Å². The van der Waals surface area contributed by atoms with E-state index >= 15 is 0 Å².